The zero-order valence-electron chi connectivity index (χ0n) is 19.1. The number of anilines is 2. The minimum Gasteiger partial charge on any atom is -0.378 e. The second-order valence-electron chi connectivity index (χ2n) is 8.03. The van der Waals surface area contributed by atoms with Crippen LogP contribution in [0.1, 0.15) is 21.5 Å². The van der Waals surface area contributed by atoms with Crippen LogP contribution >= 0.6 is 0 Å². The molecule has 0 saturated carbocycles. The Kier molecular flexibility index (Phi) is 6.64. The molecule has 0 amide bonds. The van der Waals surface area contributed by atoms with E-state index in [4.69, 9.17) is 0 Å². The van der Waals surface area contributed by atoms with Gasteiger partial charge in [-0.2, -0.15) is 9.67 Å². The van der Waals surface area contributed by atoms with Crippen molar-refractivity contribution in [3.05, 3.63) is 102 Å². The van der Waals surface area contributed by atoms with E-state index in [0.29, 0.717) is 18.3 Å². The lowest BCUT2D eigenvalue weighted by Crippen LogP contribution is -2.14. The molecule has 0 atom stereocenters. The SMILES string of the molecule is Cc1ccc(-c2nc(NCc3ccc(N(C)C)cc3)n(C(=O)C=Cc3ccccc3)n2)cc1. The Morgan fingerprint density at radius 2 is 1.67 bits per heavy atom. The minimum atomic E-state index is -0.268. The molecule has 3 aromatic carbocycles. The van der Waals surface area contributed by atoms with Crippen LogP contribution < -0.4 is 10.2 Å². The van der Waals surface area contributed by atoms with Crippen molar-refractivity contribution in [3.8, 4) is 11.4 Å². The van der Waals surface area contributed by atoms with E-state index in [0.717, 1.165) is 27.9 Å². The lowest BCUT2D eigenvalue weighted by molar-refractivity contribution is 0.0957. The molecule has 0 aliphatic carbocycles. The molecule has 1 aromatic heterocycles. The van der Waals surface area contributed by atoms with Crippen LogP contribution in [0.2, 0.25) is 0 Å². The van der Waals surface area contributed by atoms with E-state index in [9.17, 15) is 4.79 Å². The van der Waals surface area contributed by atoms with Crippen LogP contribution in [-0.2, 0) is 6.54 Å². The van der Waals surface area contributed by atoms with Crippen LogP contribution in [0.4, 0.5) is 11.6 Å². The summed E-state index contributed by atoms with van der Waals surface area (Å²) >= 11 is 0. The molecule has 0 unspecified atom stereocenters. The van der Waals surface area contributed by atoms with Gasteiger partial charge in [0.1, 0.15) is 0 Å². The summed E-state index contributed by atoms with van der Waals surface area (Å²) in [4.78, 5) is 19.7. The molecular formula is C27H27N5O. The molecule has 0 radical (unpaired) electrons. The number of benzene rings is 3. The molecule has 6 heteroatoms. The molecule has 0 saturated heterocycles. The number of hydrogen-bond donors (Lipinski definition) is 1. The van der Waals surface area contributed by atoms with Gasteiger partial charge in [0.25, 0.3) is 5.91 Å². The van der Waals surface area contributed by atoms with E-state index in [1.807, 2.05) is 75.6 Å². The van der Waals surface area contributed by atoms with Crippen molar-refractivity contribution in [2.75, 3.05) is 24.3 Å². The molecular weight excluding hydrogens is 410 g/mol. The minimum absolute atomic E-state index is 0.268. The molecule has 1 heterocycles. The van der Waals surface area contributed by atoms with Gasteiger partial charge >= 0.3 is 0 Å². The molecule has 0 aliphatic heterocycles. The summed E-state index contributed by atoms with van der Waals surface area (Å²) in [6.07, 6.45) is 3.29. The molecule has 0 bridgehead atoms. The van der Waals surface area contributed by atoms with E-state index < -0.39 is 0 Å². The third-order valence-corrected chi connectivity index (χ3v) is 5.25. The average Bonchev–Trinajstić information content (AvgIpc) is 3.27. The first kappa shape index (κ1) is 22.0. The number of allylic oxidation sites excluding steroid dienone is 1. The van der Waals surface area contributed by atoms with Crippen LogP contribution in [0, 0.1) is 6.92 Å². The van der Waals surface area contributed by atoms with Crippen LogP contribution in [0.5, 0.6) is 0 Å². The lowest BCUT2D eigenvalue weighted by Gasteiger charge is -2.13. The summed E-state index contributed by atoms with van der Waals surface area (Å²) in [7, 11) is 4.02. The zero-order valence-corrected chi connectivity index (χ0v) is 19.1. The first-order chi connectivity index (χ1) is 16.0. The second kappa shape index (κ2) is 9.96. The molecule has 33 heavy (non-hydrogen) atoms. The van der Waals surface area contributed by atoms with Crippen LogP contribution in [0.15, 0.2) is 84.9 Å². The van der Waals surface area contributed by atoms with E-state index in [1.165, 1.54) is 10.8 Å². The van der Waals surface area contributed by atoms with Crippen LogP contribution in [0.25, 0.3) is 17.5 Å². The lowest BCUT2D eigenvalue weighted by atomic mass is 10.1. The fourth-order valence-corrected chi connectivity index (χ4v) is 3.30. The molecule has 166 valence electrons. The Labute approximate surface area is 194 Å². The summed E-state index contributed by atoms with van der Waals surface area (Å²) in [5, 5.41) is 7.79. The standard InChI is InChI=1S/C27H27N5O/c1-20-9-14-23(15-10-20)26-29-27(28-19-22-11-16-24(17-12-22)31(2)3)32(30-26)25(33)18-13-21-7-5-4-6-8-21/h4-18H,19H2,1-3H3,(H,28,29,30). The Morgan fingerprint density at radius 3 is 2.33 bits per heavy atom. The highest BCUT2D eigenvalue weighted by molar-refractivity contribution is 5.94. The van der Waals surface area contributed by atoms with Gasteiger partial charge in [0.15, 0.2) is 5.82 Å². The zero-order chi connectivity index (χ0) is 23.2. The van der Waals surface area contributed by atoms with E-state index >= 15 is 0 Å². The molecule has 0 spiro atoms. The topological polar surface area (TPSA) is 63.1 Å². The number of nitrogens with zero attached hydrogens (tertiary/aromatic N) is 4. The van der Waals surface area contributed by atoms with E-state index in [1.54, 1.807) is 6.08 Å². The summed E-state index contributed by atoms with van der Waals surface area (Å²) in [6, 6.07) is 25.9. The number of aryl methyl sites for hydroxylation is 1. The molecule has 1 N–H and O–H groups in total. The molecule has 4 rings (SSSR count). The number of rotatable bonds is 7. The summed E-state index contributed by atoms with van der Waals surface area (Å²) in [5.41, 5.74) is 5.17. The highest BCUT2D eigenvalue weighted by Gasteiger charge is 2.16. The summed E-state index contributed by atoms with van der Waals surface area (Å²) in [5.74, 6) is 0.641. The Balaban J connectivity index is 1.59. The van der Waals surface area contributed by atoms with Gasteiger partial charge in [0.05, 0.1) is 0 Å². The monoisotopic (exact) mass is 437 g/mol. The second-order valence-corrected chi connectivity index (χ2v) is 8.03. The molecule has 4 aromatic rings. The highest BCUT2D eigenvalue weighted by Crippen LogP contribution is 2.20. The molecule has 0 aliphatic rings. The van der Waals surface area contributed by atoms with Crippen molar-refractivity contribution in [3.63, 3.8) is 0 Å². The summed E-state index contributed by atoms with van der Waals surface area (Å²) < 4.78 is 1.32. The largest absolute Gasteiger partial charge is 0.378 e. The van der Waals surface area contributed by atoms with Gasteiger partial charge in [-0.25, -0.2) is 0 Å². The van der Waals surface area contributed by atoms with Gasteiger partial charge in [0, 0.05) is 38.0 Å². The quantitative estimate of drug-likeness (QED) is 0.398. The third-order valence-electron chi connectivity index (χ3n) is 5.25. The number of nitrogens with one attached hydrogen (secondary N) is 1. The fraction of sp³-hybridized carbons (Fsp3) is 0.148. The van der Waals surface area contributed by atoms with Crippen molar-refractivity contribution in [1.82, 2.24) is 14.8 Å². The van der Waals surface area contributed by atoms with Crippen LogP contribution in [0.3, 0.4) is 0 Å². The Hall–Kier alpha value is -4.19. The molecule has 0 fully saturated rings. The highest BCUT2D eigenvalue weighted by atomic mass is 16.2. The number of carbonyl (C=O) groups is 1. The average molecular weight is 438 g/mol. The smallest absolute Gasteiger partial charge is 0.274 e. The number of hydrogen-bond acceptors (Lipinski definition) is 5. The maximum absolute atomic E-state index is 13.0. The fourth-order valence-electron chi connectivity index (χ4n) is 3.30. The van der Waals surface area contributed by atoms with Gasteiger partial charge in [0.2, 0.25) is 5.95 Å². The van der Waals surface area contributed by atoms with Gasteiger partial charge in [-0.1, -0.05) is 72.3 Å². The predicted octanol–water partition coefficient (Wildman–Crippen LogP) is 5.29. The van der Waals surface area contributed by atoms with Gasteiger partial charge in [-0.3, -0.25) is 4.79 Å². The van der Waals surface area contributed by atoms with Gasteiger partial charge in [-0.05, 0) is 36.3 Å². The first-order valence-corrected chi connectivity index (χ1v) is 10.8. The normalized spacial score (nSPS) is 11.0. The Bertz CT molecular complexity index is 1240. The maximum Gasteiger partial charge on any atom is 0.274 e. The summed E-state index contributed by atoms with van der Waals surface area (Å²) in [6.45, 7) is 2.55. The van der Waals surface area contributed by atoms with Gasteiger partial charge < -0.3 is 10.2 Å². The van der Waals surface area contributed by atoms with Crippen molar-refractivity contribution in [2.24, 2.45) is 0 Å². The predicted molar refractivity (Wildman–Crippen MR) is 134 cm³/mol. The number of carbonyl (C=O) groups excluding carboxylic acids is 1. The van der Waals surface area contributed by atoms with E-state index in [-0.39, 0.29) is 5.91 Å². The number of aromatic nitrogens is 3. The van der Waals surface area contributed by atoms with Crippen LogP contribution in [-0.4, -0.2) is 34.8 Å². The van der Waals surface area contributed by atoms with Crippen molar-refractivity contribution in [1.29, 1.82) is 0 Å². The third kappa shape index (κ3) is 5.54. The van der Waals surface area contributed by atoms with Crippen molar-refractivity contribution < 1.29 is 4.79 Å². The first-order valence-electron chi connectivity index (χ1n) is 10.8. The Morgan fingerprint density at radius 1 is 0.970 bits per heavy atom. The van der Waals surface area contributed by atoms with Crippen molar-refractivity contribution >= 4 is 23.6 Å². The van der Waals surface area contributed by atoms with Crippen molar-refractivity contribution in [2.45, 2.75) is 13.5 Å². The molecule has 6 nitrogen and oxygen atoms in total. The maximum atomic E-state index is 13.0. The van der Waals surface area contributed by atoms with Gasteiger partial charge in [-0.15, -0.1) is 5.10 Å². The van der Waals surface area contributed by atoms with E-state index in [2.05, 4.69) is 44.6 Å².